The second kappa shape index (κ2) is 8.58. The number of piperidine rings is 1. The van der Waals surface area contributed by atoms with Crippen molar-refractivity contribution in [3.63, 3.8) is 0 Å². The lowest BCUT2D eigenvalue weighted by Crippen LogP contribution is -2.44. The van der Waals surface area contributed by atoms with Crippen molar-refractivity contribution in [2.45, 2.75) is 19.8 Å². The molecule has 0 spiro atoms. The van der Waals surface area contributed by atoms with E-state index in [1.165, 1.54) is 0 Å². The summed E-state index contributed by atoms with van der Waals surface area (Å²) in [6.45, 7) is 3.18. The summed E-state index contributed by atoms with van der Waals surface area (Å²) in [6, 6.07) is 15.0. The van der Waals surface area contributed by atoms with Gasteiger partial charge in [-0.3, -0.25) is 4.79 Å². The maximum absolute atomic E-state index is 12.4. The number of aryl methyl sites for hydroxylation is 1. The number of anilines is 1. The quantitative estimate of drug-likeness (QED) is 0.864. The molecule has 0 aliphatic carbocycles. The Kier molecular flexibility index (Phi) is 5.96. The molecule has 0 atom stereocenters. The summed E-state index contributed by atoms with van der Waals surface area (Å²) < 4.78 is 5.82. The standard InChI is InChI=1S/C21H25N3O3/c1-15-4-3-5-19(14-15)27-18-8-6-17(7-9-18)23-21(26)24-12-10-16(11-13-24)20(25)22-2/h3-9,14,16H,10-13H2,1-2H3,(H,22,25)(H,23,26). The monoisotopic (exact) mass is 367 g/mol. The first-order chi connectivity index (χ1) is 13.0. The van der Waals surface area contributed by atoms with Gasteiger partial charge in [-0.15, -0.1) is 0 Å². The number of benzene rings is 2. The van der Waals surface area contributed by atoms with Crippen LogP contribution >= 0.6 is 0 Å². The minimum absolute atomic E-state index is 0.00268. The Labute approximate surface area is 159 Å². The van der Waals surface area contributed by atoms with Crippen molar-refractivity contribution in [3.8, 4) is 11.5 Å². The summed E-state index contributed by atoms with van der Waals surface area (Å²) in [4.78, 5) is 25.8. The number of urea groups is 1. The summed E-state index contributed by atoms with van der Waals surface area (Å²) in [5.41, 5.74) is 1.85. The van der Waals surface area contributed by atoms with Crippen LogP contribution in [-0.2, 0) is 4.79 Å². The van der Waals surface area contributed by atoms with Crippen molar-refractivity contribution in [2.75, 3.05) is 25.5 Å². The van der Waals surface area contributed by atoms with Crippen molar-refractivity contribution >= 4 is 17.6 Å². The summed E-state index contributed by atoms with van der Waals surface area (Å²) in [7, 11) is 1.65. The van der Waals surface area contributed by atoms with Gasteiger partial charge >= 0.3 is 6.03 Å². The van der Waals surface area contributed by atoms with Crippen LogP contribution in [0.1, 0.15) is 18.4 Å². The number of rotatable bonds is 4. The lowest BCUT2D eigenvalue weighted by molar-refractivity contribution is -0.125. The third kappa shape index (κ3) is 5.00. The molecular formula is C21H25N3O3. The Balaban J connectivity index is 1.52. The molecule has 1 aliphatic rings. The molecule has 0 saturated carbocycles. The number of hydrogen-bond donors (Lipinski definition) is 2. The maximum Gasteiger partial charge on any atom is 0.321 e. The lowest BCUT2D eigenvalue weighted by Gasteiger charge is -2.31. The number of nitrogens with one attached hydrogen (secondary N) is 2. The molecule has 2 aromatic carbocycles. The predicted octanol–water partition coefficient (Wildman–Crippen LogP) is 3.78. The van der Waals surface area contributed by atoms with Gasteiger partial charge in [-0.25, -0.2) is 4.79 Å². The zero-order valence-corrected chi connectivity index (χ0v) is 15.7. The molecule has 0 unspecified atom stereocenters. The lowest BCUT2D eigenvalue weighted by atomic mass is 9.96. The summed E-state index contributed by atoms with van der Waals surface area (Å²) in [5, 5.41) is 5.58. The summed E-state index contributed by atoms with van der Waals surface area (Å²) in [6.07, 6.45) is 1.38. The van der Waals surface area contributed by atoms with Gasteiger partial charge in [0.2, 0.25) is 5.91 Å². The summed E-state index contributed by atoms with van der Waals surface area (Å²) in [5.74, 6) is 1.55. The van der Waals surface area contributed by atoms with Gasteiger partial charge in [-0.2, -0.15) is 0 Å². The maximum atomic E-state index is 12.4. The van der Waals surface area contributed by atoms with Gasteiger partial charge in [0, 0.05) is 31.7 Å². The van der Waals surface area contributed by atoms with E-state index in [1.54, 1.807) is 11.9 Å². The van der Waals surface area contributed by atoms with Crippen LogP contribution in [0.4, 0.5) is 10.5 Å². The number of likely N-dealkylation sites (tertiary alicyclic amines) is 1. The Morgan fingerprint density at radius 2 is 1.74 bits per heavy atom. The van der Waals surface area contributed by atoms with Gasteiger partial charge < -0.3 is 20.3 Å². The first kappa shape index (κ1) is 18.8. The molecule has 0 radical (unpaired) electrons. The molecule has 6 nitrogen and oxygen atoms in total. The molecule has 27 heavy (non-hydrogen) atoms. The fraction of sp³-hybridized carbons (Fsp3) is 0.333. The molecule has 0 aromatic heterocycles. The van der Waals surface area contributed by atoms with E-state index in [2.05, 4.69) is 10.6 Å². The Morgan fingerprint density at radius 1 is 1.04 bits per heavy atom. The smallest absolute Gasteiger partial charge is 0.321 e. The highest BCUT2D eigenvalue weighted by Crippen LogP contribution is 2.24. The van der Waals surface area contributed by atoms with E-state index in [4.69, 9.17) is 4.74 Å². The van der Waals surface area contributed by atoms with Gasteiger partial charge in [0.1, 0.15) is 11.5 Å². The average molecular weight is 367 g/mol. The number of nitrogens with zero attached hydrogens (tertiary/aromatic N) is 1. The molecule has 3 amide bonds. The molecule has 2 N–H and O–H groups in total. The molecule has 6 heteroatoms. The van der Waals surface area contributed by atoms with E-state index in [9.17, 15) is 9.59 Å². The minimum Gasteiger partial charge on any atom is -0.457 e. The van der Waals surface area contributed by atoms with Crippen molar-refractivity contribution in [2.24, 2.45) is 5.92 Å². The fourth-order valence-electron chi connectivity index (χ4n) is 3.17. The first-order valence-corrected chi connectivity index (χ1v) is 9.17. The third-order valence-electron chi connectivity index (χ3n) is 4.73. The molecule has 142 valence electrons. The van der Waals surface area contributed by atoms with Crippen LogP contribution in [0.2, 0.25) is 0 Å². The fourth-order valence-corrected chi connectivity index (χ4v) is 3.17. The van der Waals surface area contributed by atoms with Crippen LogP contribution in [0.5, 0.6) is 11.5 Å². The van der Waals surface area contributed by atoms with Crippen molar-refractivity contribution in [1.82, 2.24) is 10.2 Å². The normalized spacial score (nSPS) is 14.5. The topological polar surface area (TPSA) is 70.7 Å². The van der Waals surface area contributed by atoms with E-state index < -0.39 is 0 Å². The summed E-state index contributed by atoms with van der Waals surface area (Å²) >= 11 is 0. The Morgan fingerprint density at radius 3 is 2.37 bits per heavy atom. The second-order valence-electron chi connectivity index (χ2n) is 6.75. The highest BCUT2D eigenvalue weighted by Gasteiger charge is 2.26. The van der Waals surface area contributed by atoms with Gasteiger partial charge in [-0.05, 0) is 61.7 Å². The van der Waals surface area contributed by atoms with Crippen molar-refractivity contribution in [3.05, 3.63) is 54.1 Å². The molecule has 1 fully saturated rings. The van der Waals surface area contributed by atoms with Crippen LogP contribution in [0.15, 0.2) is 48.5 Å². The zero-order valence-electron chi connectivity index (χ0n) is 15.7. The van der Waals surface area contributed by atoms with Crippen molar-refractivity contribution < 1.29 is 14.3 Å². The predicted molar refractivity (Wildman–Crippen MR) is 105 cm³/mol. The molecule has 2 aromatic rings. The third-order valence-corrected chi connectivity index (χ3v) is 4.73. The van der Waals surface area contributed by atoms with E-state index in [-0.39, 0.29) is 17.9 Å². The molecule has 1 aliphatic heterocycles. The van der Waals surface area contributed by atoms with Crippen molar-refractivity contribution in [1.29, 1.82) is 0 Å². The van der Waals surface area contributed by atoms with Gasteiger partial charge in [0.15, 0.2) is 0 Å². The van der Waals surface area contributed by atoms with Gasteiger partial charge in [0.25, 0.3) is 0 Å². The van der Waals surface area contributed by atoms with Gasteiger partial charge in [-0.1, -0.05) is 12.1 Å². The van der Waals surface area contributed by atoms with E-state index >= 15 is 0 Å². The van der Waals surface area contributed by atoms with E-state index in [0.717, 1.165) is 11.3 Å². The number of carbonyl (C=O) groups excluding carboxylic acids is 2. The van der Waals surface area contributed by atoms with E-state index in [0.29, 0.717) is 37.4 Å². The Bertz CT molecular complexity index is 797. The first-order valence-electron chi connectivity index (χ1n) is 9.17. The van der Waals surface area contributed by atoms with Gasteiger partial charge in [0.05, 0.1) is 0 Å². The van der Waals surface area contributed by atoms with Crippen LogP contribution in [0.3, 0.4) is 0 Å². The van der Waals surface area contributed by atoms with E-state index in [1.807, 2.05) is 55.5 Å². The van der Waals surface area contributed by atoms with Crippen LogP contribution in [-0.4, -0.2) is 37.0 Å². The molecular weight excluding hydrogens is 342 g/mol. The largest absolute Gasteiger partial charge is 0.457 e. The number of ether oxygens (including phenoxy) is 1. The van der Waals surface area contributed by atoms with Crippen LogP contribution in [0, 0.1) is 12.8 Å². The minimum atomic E-state index is -0.141. The Hall–Kier alpha value is -3.02. The molecule has 0 bridgehead atoms. The van der Waals surface area contributed by atoms with Crippen LogP contribution < -0.4 is 15.4 Å². The number of hydrogen-bond acceptors (Lipinski definition) is 3. The highest BCUT2D eigenvalue weighted by atomic mass is 16.5. The SMILES string of the molecule is CNC(=O)C1CCN(C(=O)Nc2ccc(Oc3cccc(C)c3)cc2)CC1. The molecule has 1 heterocycles. The zero-order chi connectivity index (χ0) is 19.2. The number of carbonyl (C=O) groups is 2. The molecule has 3 rings (SSSR count). The highest BCUT2D eigenvalue weighted by molar-refractivity contribution is 5.89. The second-order valence-corrected chi connectivity index (χ2v) is 6.75. The average Bonchev–Trinajstić information content (AvgIpc) is 2.69. The van der Waals surface area contributed by atoms with Crippen LogP contribution in [0.25, 0.3) is 0 Å². The number of amides is 3. The molecule has 1 saturated heterocycles.